The Balaban J connectivity index is 2.44. The molecule has 1 aromatic carbocycles. The van der Waals surface area contributed by atoms with Crippen LogP contribution in [0.25, 0.3) is 0 Å². The number of esters is 1. The molecule has 0 aromatic heterocycles. The van der Waals surface area contributed by atoms with E-state index < -0.39 is 18.8 Å². The summed E-state index contributed by atoms with van der Waals surface area (Å²) in [5.41, 5.74) is 1.83. The minimum atomic E-state index is -1.17. The van der Waals surface area contributed by atoms with E-state index in [0.717, 1.165) is 11.1 Å². The maximum atomic E-state index is 11.4. The molecule has 4 atom stereocenters. The summed E-state index contributed by atoms with van der Waals surface area (Å²) in [6.45, 7) is 7.58. The lowest BCUT2D eigenvalue weighted by Crippen LogP contribution is -2.30. The first-order valence-corrected chi connectivity index (χ1v) is 9.24. The Morgan fingerprint density at radius 2 is 1.81 bits per heavy atom. The van der Waals surface area contributed by atoms with Crippen LogP contribution < -0.4 is 0 Å². The molecule has 0 saturated heterocycles. The molecule has 0 saturated carbocycles. The number of benzene rings is 1. The molecule has 0 bridgehead atoms. The Labute approximate surface area is 161 Å². The van der Waals surface area contributed by atoms with Crippen LogP contribution in [0.4, 0.5) is 0 Å². The lowest BCUT2D eigenvalue weighted by Gasteiger charge is -2.23. The molecule has 0 fully saturated rings. The highest BCUT2D eigenvalue weighted by Gasteiger charge is 2.20. The molecule has 6 nitrogen and oxygen atoms in total. The number of aliphatic hydroxyl groups excluding tert-OH is 3. The van der Waals surface area contributed by atoms with Crippen molar-refractivity contribution in [2.45, 2.75) is 58.0 Å². The van der Waals surface area contributed by atoms with Gasteiger partial charge in [-0.15, -0.1) is 0 Å². The van der Waals surface area contributed by atoms with Crippen LogP contribution in [0, 0.1) is 5.92 Å². The molecule has 1 aromatic rings. The topological polar surface area (TPSA) is 96.2 Å². The molecule has 27 heavy (non-hydrogen) atoms. The number of hydrogen-bond acceptors (Lipinski definition) is 6. The maximum absolute atomic E-state index is 11.4. The lowest BCUT2D eigenvalue weighted by molar-refractivity contribution is -0.150. The van der Waals surface area contributed by atoms with Gasteiger partial charge in [-0.3, -0.25) is 4.79 Å². The molecule has 6 heteroatoms. The largest absolute Gasteiger partial charge is 0.460 e. The van der Waals surface area contributed by atoms with Crippen molar-refractivity contribution in [3.05, 3.63) is 48.0 Å². The predicted octanol–water partition coefficient (Wildman–Crippen LogP) is 2.21. The summed E-state index contributed by atoms with van der Waals surface area (Å²) in [5.74, 6) is -0.198. The fourth-order valence-corrected chi connectivity index (χ4v) is 2.93. The highest BCUT2D eigenvalue weighted by atomic mass is 16.6. The van der Waals surface area contributed by atoms with E-state index in [9.17, 15) is 15.0 Å². The molecule has 0 spiro atoms. The molecule has 0 aliphatic rings. The van der Waals surface area contributed by atoms with Gasteiger partial charge in [0.05, 0.1) is 25.9 Å². The van der Waals surface area contributed by atoms with Crippen LogP contribution in [0.5, 0.6) is 0 Å². The van der Waals surface area contributed by atoms with Crippen molar-refractivity contribution >= 4 is 5.97 Å². The highest BCUT2D eigenvalue weighted by molar-refractivity contribution is 5.66. The van der Waals surface area contributed by atoms with Gasteiger partial charge in [0.25, 0.3) is 0 Å². The van der Waals surface area contributed by atoms with E-state index in [-0.39, 0.29) is 24.4 Å². The second kappa shape index (κ2) is 12.6. The van der Waals surface area contributed by atoms with E-state index in [4.69, 9.17) is 14.6 Å². The maximum Gasteiger partial charge on any atom is 0.302 e. The van der Waals surface area contributed by atoms with Crippen LogP contribution in [-0.2, 0) is 20.9 Å². The van der Waals surface area contributed by atoms with Crippen molar-refractivity contribution < 1.29 is 29.6 Å². The molecule has 0 heterocycles. The normalized spacial score (nSPS) is 15.6. The number of hydrogen-bond donors (Lipinski definition) is 3. The van der Waals surface area contributed by atoms with Gasteiger partial charge in [0, 0.05) is 6.92 Å². The van der Waals surface area contributed by atoms with E-state index in [1.165, 1.54) is 6.92 Å². The molecular formula is C21H32O6. The molecule has 1 rings (SSSR count). The van der Waals surface area contributed by atoms with Gasteiger partial charge in [-0.05, 0) is 30.7 Å². The Kier molecular flexibility index (Phi) is 10.9. The standard InChI is InChI=1S/C21H32O6/c1-15(9-16(2)11-20(24)21(25)12-22)10-19(27-17(3)23)14-26-13-18-7-5-4-6-8-18/h4-8,15,19-22,24-25H,2,9-14H2,1,3H3/t15-,19+,20-,21+/m0/s1. The molecule has 0 amide bonds. The molecule has 152 valence electrons. The van der Waals surface area contributed by atoms with Crippen molar-refractivity contribution in [1.29, 1.82) is 0 Å². The molecule has 0 radical (unpaired) electrons. The Hall–Kier alpha value is -1.73. The Morgan fingerprint density at radius 3 is 2.41 bits per heavy atom. The van der Waals surface area contributed by atoms with Gasteiger partial charge in [0.1, 0.15) is 12.2 Å². The average molecular weight is 380 g/mol. The summed E-state index contributed by atoms with van der Waals surface area (Å²) >= 11 is 0. The summed E-state index contributed by atoms with van der Waals surface area (Å²) in [6.07, 6.45) is -1.13. The fourth-order valence-electron chi connectivity index (χ4n) is 2.93. The van der Waals surface area contributed by atoms with Gasteiger partial charge >= 0.3 is 5.97 Å². The molecule has 0 unspecified atom stereocenters. The minimum absolute atomic E-state index is 0.153. The smallest absolute Gasteiger partial charge is 0.302 e. The Bertz CT molecular complexity index is 559. The van der Waals surface area contributed by atoms with Crippen LogP contribution in [0.15, 0.2) is 42.5 Å². The van der Waals surface area contributed by atoms with Crippen molar-refractivity contribution in [3.8, 4) is 0 Å². The van der Waals surface area contributed by atoms with Crippen LogP contribution in [0.1, 0.15) is 38.7 Å². The van der Waals surface area contributed by atoms with Crippen molar-refractivity contribution in [2.75, 3.05) is 13.2 Å². The van der Waals surface area contributed by atoms with E-state index >= 15 is 0 Å². The van der Waals surface area contributed by atoms with E-state index in [1.54, 1.807) is 0 Å². The predicted molar refractivity (Wildman–Crippen MR) is 103 cm³/mol. The third-order valence-corrected chi connectivity index (χ3v) is 4.18. The molecule has 0 aliphatic carbocycles. The number of rotatable bonds is 13. The van der Waals surface area contributed by atoms with Crippen LogP contribution in [-0.4, -0.2) is 52.8 Å². The zero-order valence-electron chi connectivity index (χ0n) is 16.2. The number of carbonyl (C=O) groups is 1. The SMILES string of the molecule is C=C(C[C@H](C)C[C@H](COCc1ccccc1)OC(C)=O)C[C@H](O)[C@H](O)CO. The van der Waals surface area contributed by atoms with Crippen molar-refractivity contribution in [3.63, 3.8) is 0 Å². The average Bonchev–Trinajstić information content (AvgIpc) is 2.60. The van der Waals surface area contributed by atoms with Crippen LogP contribution in [0.2, 0.25) is 0 Å². The fraction of sp³-hybridized carbons (Fsp3) is 0.571. The first-order chi connectivity index (χ1) is 12.8. The van der Waals surface area contributed by atoms with E-state index in [2.05, 4.69) is 6.58 Å². The quantitative estimate of drug-likeness (QED) is 0.359. The molecule has 0 aliphatic heterocycles. The van der Waals surface area contributed by atoms with Gasteiger partial charge in [-0.25, -0.2) is 0 Å². The summed E-state index contributed by atoms with van der Waals surface area (Å²) in [7, 11) is 0. The first-order valence-electron chi connectivity index (χ1n) is 9.24. The van der Waals surface area contributed by atoms with E-state index in [1.807, 2.05) is 37.3 Å². The number of aliphatic hydroxyl groups is 3. The van der Waals surface area contributed by atoms with E-state index in [0.29, 0.717) is 26.1 Å². The zero-order chi connectivity index (χ0) is 20.2. The number of ether oxygens (including phenoxy) is 2. The van der Waals surface area contributed by atoms with Crippen molar-refractivity contribution in [1.82, 2.24) is 0 Å². The van der Waals surface area contributed by atoms with Gasteiger partial charge in [-0.2, -0.15) is 0 Å². The third-order valence-electron chi connectivity index (χ3n) is 4.18. The second-order valence-corrected chi connectivity index (χ2v) is 7.05. The molecular weight excluding hydrogens is 348 g/mol. The second-order valence-electron chi connectivity index (χ2n) is 7.05. The van der Waals surface area contributed by atoms with Gasteiger partial charge in [-0.1, -0.05) is 49.4 Å². The summed E-state index contributed by atoms with van der Waals surface area (Å²) in [4.78, 5) is 11.4. The van der Waals surface area contributed by atoms with Crippen LogP contribution >= 0.6 is 0 Å². The first kappa shape index (κ1) is 23.3. The lowest BCUT2D eigenvalue weighted by atomic mass is 9.92. The van der Waals surface area contributed by atoms with Crippen molar-refractivity contribution in [2.24, 2.45) is 5.92 Å². The molecule has 3 N–H and O–H groups in total. The number of carbonyl (C=O) groups excluding carboxylic acids is 1. The summed E-state index contributed by atoms with van der Waals surface area (Å²) in [5, 5.41) is 28.1. The monoisotopic (exact) mass is 380 g/mol. The third kappa shape index (κ3) is 10.2. The Morgan fingerprint density at radius 1 is 1.15 bits per heavy atom. The zero-order valence-corrected chi connectivity index (χ0v) is 16.2. The van der Waals surface area contributed by atoms with Crippen LogP contribution in [0.3, 0.4) is 0 Å². The summed E-state index contributed by atoms with van der Waals surface area (Å²) in [6, 6.07) is 9.77. The van der Waals surface area contributed by atoms with Gasteiger partial charge in [0.15, 0.2) is 0 Å². The van der Waals surface area contributed by atoms with Gasteiger partial charge < -0.3 is 24.8 Å². The van der Waals surface area contributed by atoms with Gasteiger partial charge in [0.2, 0.25) is 0 Å². The summed E-state index contributed by atoms with van der Waals surface area (Å²) < 4.78 is 11.1. The minimum Gasteiger partial charge on any atom is -0.460 e. The highest BCUT2D eigenvalue weighted by Crippen LogP contribution is 2.21.